The number of hydrogen-bond donors (Lipinski definition) is 5. The Balaban J connectivity index is 2.05. The number of nitrogens with zero attached hydrogens (tertiary/aromatic N) is 1. The summed E-state index contributed by atoms with van der Waals surface area (Å²) in [6.45, 7) is 0.497. The van der Waals surface area contributed by atoms with Crippen molar-refractivity contribution in [2.75, 3.05) is 19.6 Å². The molecule has 11 nitrogen and oxygen atoms in total. The number of amides is 4. The van der Waals surface area contributed by atoms with Crippen LogP contribution >= 0.6 is 0 Å². The predicted molar refractivity (Wildman–Crippen MR) is 96.8 cm³/mol. The van der Waals surface area contributed by atoms with E-state index in [2.05, 4.69) is 16.0 Å². The topological polar surface area (TPSA) is 171 Å². The minimum absolute atomic E-state index is 0.0343. The standard InChI is InChI=1S/C17H27N5O6/c18-13(23)6-5-11(21-15(26)10-3-1-7-19-10)17(28)22-8-2-4-12(22)16(27)20-9-14(24)25/h10-12,19H,1-9H2,(H2,18,23)(H,20,27)(H,21,26)(H,24,25). The molecule has 2 aliphatic rings. The fraction of sp³-hybridized carbons (Fsp3) is 0.706. The molecule has 2 rings (SSSR count). The molecule has 0 aromatic rings. The van der Waals surface area contributed by atoms with Crippen LogP contribution in [0.1, 0.15) is 38.5 Å². The number of rotatable bonds is 9. The van der Waals surface area contributed by atoms with Crippen LogP contribution < -0.4 is 21.7 Å². The van der Waals surface area contributed by atoms with Crippen LogP contribution in [0.25, 0.3) is 0 Å². The SMILES string of the molecule is NC(=O)CCC(NC(=O)C1CCCN1)C(=O)N1CCCC1C(=O)NCC(=O)O. The molecule has 156 valence electrons. The van der Waals surface area contributed by atoms with Gasteiger partial charge in [0.05, 0.1) is 6.04 Å². The lowest BCUT2D eigenvalue weighted by Crippen LogP contribution is -2.55. The number of likely N-dealkylation sites (tertiary alicyclic amines) is 1. The average molecular weight is 397 g/mol. The molecule has 0 bridgehead atoms. The molecule has 0 radical (unpaired) electrons. The Labute approximate surface area is 162 Å². The Morgan fingerprint density at radius 2 is 1.89 bits per heavy atom. The van der Waals surface area contributed by atoms with Crippen LogP contribution in [0.2, 0.25) is 0 Å². The molecule has 0 spiro atoms. The van der Waals surface area contributed by atoms with Crippen LogP contribution in [0.15, 0.2) is 0 Å². The third-order valence-corrected chi connectivity index (χ3v) is 4.92. The molecule has 0 aliphatic carbocycles. The third-order valence-electron chi connectivity index (χ3n) is 4.92. The van der Waals surface area contributed by atoms with Crippen LogP contribution in [0.3, 0.4) is 0 Å². The van der Waals surface area contributed by atoms with Gasteiger partial charge in [-0.2, -0.15) is 0 Å². The molecule has 28 heavy (non-hydrogen) atoms. The van der Waals surface area contributed by atoms with Gasteiger partial charge in [-0.15, -0.1) is 0 Å². The second kappa shape index (κ2) is 10.0. The van der Waals surface area contributed by atoms with Crippen molar-refractivity contribution < 1.29 is 29.1 Å². The Kier molecular flexibility index (Phi) is 7.73. The van der Waals surface area contributed by atoms with Crippen molar-refractivity contribution in [2.45, 2.75) is 56.7 Å². The van der Waals surface area contributed by atoms with Crippen LogP contribution in [0.4, 0.5) is 0 Å². The summed E-state index contributed by atoms with van der Waals surface area (Å²) in [5, 5.41) is 16.7. The first-order valence-corrected chi connectivity index (χ1v) is 9.41. The Hall–Kier alpha value is -2.69. The van der Waals surface area contributed by atoms with Gasteiger partial charge < -0.3 is 31.7 Å². The lowest BCUT2D eigenvalue weighted by Gasteiger charge is -2.29. The lowest BCUT2D eigenvalue weighted by atomic mass is 10.1. The summed E-state index contributed by atoms with van der Waals surface area (Å²) in [6, 6.07) is -2.17. The molecule has 0 saturated carbocycles. The van der Waals surface area contributed by atoms with Gasteiger partial charge in [-0.05, 0) is 38.6 Å². The highest BCUT2D eigenvalue weighted by Gasteiger charge is 2.38. The van der Waals surface area contributed by atoms with E-state index in [-0.39, 0.29) is 18.7 Å². The van der Waals surface area contributed by atoms with Gasteiger partial charge >= 0.3 is 5.97 Å². The summed E-state index contributed by atoms with van der Waals surface area (Å²) in [5.74, 6) is -3.12. The van der Waals surface area contributed by atoms with Crippen LogP contribution in [-0.2, 0) is 24.0 Å². The molecule has 11 heteroatoms. The minimum atomic E-state index is -1.18. The number of nitrogens with two attached hydrogens (primary N) is 1. The first kappa shape index (κ1) is 21.6. The van der Waals surface area contributed by atoms with Gasteiger partial charge in [0.2, 0.25) is 23.6 Å². The van der Waals surface area contributed by atoms with Crippen LogP contribution in [0, 0.1) is 0 Å². The number of nitrogens with one attached hydrogen (secondary N) is 3. The molecule has 4 amide bonds. The first-order valence-electron chi connectivity index (χ1n) is 9.41. The van der Waals surface area contributed by atoms with Crippen molar-refractivity contribution >= 4 is 29.6 Å². The summed E-state index contributed by atoms with van der Waals surface area (Å²) < 4.78 is 0. The van der Waals surface area contributed by atoms with Crippen molar-refractivity contribution in [2.24, 2.45) is 5.73 Å². The van der Waals surface area contributed by atoms with Gasteiger partial charge in [0.1, 0.15) is 18.6 Å². The zero-order chi connectivity index (χ0) is 20.7. The minimum Gasteiger partial charge on any atom is -0.480 e. The average Bonchev–Trinajstić information content (AvgIpc) is 3.33. The zero-order valence-electron chi connectivity index (χ0n) is 15.6. The van der Waals surface area contributed by atoms with E-state index in [0.717, 1.165) is 13.0 Å². The van der Waals surface area contributed by atoms with E-state index in [0.29, 0.717) is 25.8 Å². The maximum Gasteiger partial charge on any atom is 0.322 e. The van der Waals surface area contributed by atoms with E-state index in [1.807, 2.05) is 0 Å². The number of carbonyl (C=O) groups is 5. The zero-order valence-corrected chi connectivity index (χ0v) is 15.6. The van der Waals surface area contributed by atoms with Gasteiger partial charge in [0.25, 0.3) is 0 Å². The number of primary amides is 1. The summed E-state index contributed by atoms with van der Waals surface area (Å²) in [4.78, 5) is 60.8. The fourth-order valence-corrected chi connectivity index (χ4v) is 3.51. The monoisotopic (exact) mass is 397 g/mol. The lowest BCUT2D eigenvalue weighted by molar-refractivity contribution is -0.143. The van der Waals surface area contributed by atoms with Gasteiger partial charge in [-0.1, -0.05) is 0 Å². The molecule has 2 heterocycles. The van der Waals surface area contributed by atoms with Crippen LogP contribution in [0.5, 0.6) is 0 Å². The molecule has 2 fully saturated rings. The number of carboxylic acids is 1. The van der Waals surface area contributed by atoms with Crippen molar-refractivity contribution in [1.29, 1.82) is 0 Å². The van der Waals surface area contributed by atoms with Gasteiger partial charge in [0, 0.05) is 13.0 Å². The van der Waals surface area contributed by atoms with Crippen LogP contribution in [-0.4, -0.2) is 77.4 Å². The Bertz CT molecular complexity index is 634. The normalized spacial score (nSPS) is 22.5. The van der Waals surface area contributed by atoms with E-state index in [1.54, 1.807) is 0 Å². The molecule has 0 aromatic carbocycles. The highest BCUT2D eigenvalue weighted by molar-refractivity contribution is 5.94. The maximum atomic E-state index is 13.0. The second-order valence-corrected chi connectivity index (χ2v) is 7.02. The molecule has 3 unspecified atom stereocenters. The largest absolute Gasteiger partial charge is 0.480 e. The fourth-order valence-electron chi connectivity index (χ4n) is 3.51. The van der Waals surface area contributed by atoms with Crippen molar-refractivity contribution in [3.8, 4) is 0 Å². The molecule has 2 saturated heterocycles. The molecule has 6 N–H and O–H groups in total. The number of carboxylic acid groups (broad SMARTS) is 1. The summed E-state index contributed by atoms with van der Waals surface area (Å²) in [5.41, 5.74) is 5.18. The molecule has 3 atom stereocenters. The second-order valence-electron chi connectivity index (χ2n) is 7.02. The van der Waals surface area contributed by atoms with Crippen molar-refractivity contribution in [3.05, 3.63) is 0 Å². The van der Waals surface area contributed by atoms with Gasteiger partial charge in [0.15, 0.2) is 0 Å². The van der Waals surface area contributed by atoms with Gasteiger partial charge in [-0.3, -0.25) is 24.0 Å². The number of carbonyl (C=O) groups excluding carboxylic acids is 4. The first-order chi connectivity index (χ1) is 13.3. The molecular weight excluding hydrogens is 370 g/mol. The number of hydrogen-bond acceptors (Lipinski definition) is 6. The van der Waals surface area contributed by atoms with Gasteiger partial charge in [-0.25, -0.2) is 0 Å². The quantitative estimate of drug-likeness (QED) is 0.291. The van der Waals surface area contributed by atoms with Crippen molar-refractivity contribution in [3.63, 3.8) is 0 Å². The Morgan fingerprint density at radius 3 is 2.50 bits per heavy atom. The third kappa shape index (κ3) is 5.91. The molecule has 0 aromatic heterocycles. The summed E-state index contributed by atoms with van der Waals surface area (Å²) >= 11 is 0. The van der Waals surface area contributed by atoms with E-state index in [4.69, 9.17) is 10.8 Å². The molecule has 2 aliphatic heterocycles. The highest BCUT2D eigenvalue weighted by Crippen LogP contribution is 2.20. The highest BCUT2D eigenvalue weighted by atomic mass is 16.4. The molecular formula is C17H27N5O6. The summed E-state index contributed by atoms with van der Waals surface area (Å²) in [6.07, 6.45) is 2.45. The smallest absolute Gasteiger partial charge is 0.322 e. The summed E-state index contributed by atoms with van der Waals surface area (Å²) in [7, 11) is 0. The van der Waals surface area contributed by atoms with E-state index < -0.39 is 48.4 Å². The van der Waals surface area contributed by atoms with E-state index in [1.165, 1.54) is 4.90 Å². The van der Waals surface area contributed by atoms with E-state index in [9.17, 15) is 24.0 Å². The van der Waals surface area contributed by atoms with Crippen molar-refractivity contribution in [1.82, 2.24) is 20.9 Å². The Morgan fingerprint density at radius 1 is 1.14 bits per heavy atom. The predicted octanol–water partition coefficient (Wildman–Crippen LogP) is -2.32. The maximum absolute atomic E-state index is 13.0. The van der Waals surface area contributed by atoms with E-state index >= 15 is 0 Å². The number of aliphatic carboxylic acids is 1.